The Hall–Kier alpha value is -2.40. The third-order valence-corrected chi connectivity index (χ3v) is 3.47. The first-order valence-corrected chi connectivity index (χ1v) is 7.24. The lowest BCUT2D eigenvalue weighted by Gasteiger charge is -2.10. The maximum absolute atomic E-state index is 13.1. The van der Waals surface area contributed by atoms with Crippen LogP contribution in [0.25, 0.3) is 0 Å². The number of rotatable bonds is 4. The van der Waals surface area contributed by atoms with Gasteiger partial charge >= 0.3 is 5.97 Å². The second-order valence-corrected chi connectivity index (χ2v) is 5.47. The first-order chi connectivity index (χ1) is 10.9. The lowest BCUT2D eigenvalue weighted by Crippen LogP contribution is -2.21. The van der Waals surface area contributed by atoms with Gasteiger partial charge in [-0.1, -0.05) is 29.3 Å². The minimum Gasteiger partial charge on any atom is -0.452 e. The van der Waals surface area contributed by atoms with Crippen LogP contribution in [0.4, 0.5) is 10.1 Å². The number of hydrogen-bond acceptors (Lipinski definition) is 3. The highest BCUT2D eigenvalue weighted by Crippen LogP contribution is 2.18. The fourth-order valence-corrected chi connectivity index (χ4v) is 2.20. The molecule has 2 aromatic carbocycles. The monoisotopic (exact) mass is 335 g/mol. The Morgan fingerprint density at radius 2 is 1.91 bits per heavy atom. The van der Waals surface area contributed by atoms with Gasteiger partial charge in [-0.25, -0.2) is 9.18 Å². The molecule has 4 nitrogen and oxygen atoms in total. The molecule has 0 aromatic heterocycles. The minimum absolute atomic E-state index is 0.0613. The molecule has 0 fully saturated rings. The van der Waals surface area contributed by atoms with Crippen molar-refractivity contribution in [3.05, 3.63) is 63.9 Å². The van der Waals surface area contributed by atoms with Gasteiger partial charge in [-0.3, -0.25) is 4.79 Å². The number of hydrogen-bond donors (Lipinski definition) is 1. The molecule has 0 aliphatic carbocycles. The Morgan fingerprint density at radius 1 is 1.17 bits per heavy atom. The Balaban J connectivity index is 1.96. The number of aryl methyl sites for hydroxylation is 2. The van der Waals surface area contributed by atoms with E-state index >= 15 is 0 Å². The van der Waals surface area contributed by atoms with Crippen LogP contribution in [0.2, 0.25) is 5.02 Å². The van der Waals surface area contributed by atoms with Gasteiger partial charge < -0.3 is 10.1 Å². The number of ether oxygens (including phenoxy) is 1. The van der Waals surface area contributed by atoms with E-state index in [0.717, 1.165) is 23.3 Å². The Labute approximate surface area is 138 Å². The van der Waals surface area contributed by atoms with Gasteiger partial charge in [0.25, 0.3) is 5.91 Å². The predicted octanol–water partition coefficient (Wildman–Crippen LogP) is 3.89. The van der Waals surface area contributed by atoms with Crippen molar-refractivity contribution in [1.82, 2.24) is 0 Å². The third-order valence-electron chi connectivity index (χ3n) is 3.14. The zero-order chi connectivity index (χ0) is 17.0. The van der Waals surface area contributed by atoms with Crippen LogP contribution in [0.15, 0.2) is 36.4 Å². The standard InChI is InChI=1S/C17H15ClFNO3/c1-10-3-6-15(11(2)7-10)20-16(21)9-23-17(22)13-8-12(19)4-5-14(13)18/h3-8H,9H2,1-2H3,(H,20,21). The number of carbonyl (C=O) groups is 2. The molecule has 0 atom stereocenters. The van der Waals surface area contributed by atoms with Gasteiger partial charge in [0.15, 0.2) is 6.61 Å². The van der Waals surface area contributed by atoms with Gasteiger partial charge in [-0.15, -0.1) is 0 Å². The molecule has 0 spiro atoms. The molecule has 2 rings (SSSR count). The molecule has 2 aromatic rings. The van der Waals surface area contributed by atoms with Gasteiger partial charge in [-0.2, -0.15) is 0 Å². The molecule has 0 unspecified atom stereocenters. The molecule has 120 valence electrons. The molecule has 1 N–H and O–H groups in total. The van der Waals surface area contributed by atoms with Gasteiger partial charge in [0.1, 0.15) is 5.82 Å². The molecular weight excluding hydrogens is 321 g/mol. The van der Waals surface area contributed by atoms with Crippen molar-refractivity contribution in [2.75, 3.05) is 11.9 Å². The molecule has 0 aliphatic heterocycles. The normalized spacial score (nSPS) is 10.3. The highest BCUT2D eigenvalue weighted by Gasteiger charge is 2.15. The largest absolute Gasteiger partial charge is 0.452 e. The first kappa shape index (κ1) is 17.0. The van der Waals surface area contributed by atoms with Crippen molar-refractivity contribution in [2.24, 2.45) is 0 Å². The molecule has 0 radical (unpaired) electrons. The number of halogens is 2. The molecule has 0 aliphatic rings. The zero-order valence-corrected chi connectivity index (χ0v) is 13.4. The molecular formula is C17H15ClFNO3. The minimum atomic E-state index is -0.856. The maximum atomic E-state index is 13.1. The SMILES string of the molecule is Cc1ccc(NC(=O)COC(=O)c2cc(F)ccc2Cl)c(C)c1. The summed E-state index contributed by atoms with van der Waals surface area (Å²) in [6.07, 6.45) is 0. The molecule has 6 heteroatoms. The highest BCUT2D eigenvalue weighted by atomic mass is 35.5. The van der Waals surface area contributed by atoms with Gasteiger partial charge in [0.2, 0.25) is 0 Å². The summed E-state index contributed by atoms with van der Waals surface area (Å²) in [7, 11) is 0. The van der Waals surface area contributed by atoms with E-state index in [4.69, 9.17) is 16.3 Å². The molecule has 1 amide bonds. The van der Waals surface area contributed by atoms with Crippen LogP contribution in [0.3, 0.4) is 0 Å². The van der Waals surface area contributed by atoms with Crippen LogP contribution in [0.5, 0.6) is 0 Å². The zero-order valence-electron chi connectivity index (χ0n) is 12.7. The molecule has 0 bridgehead atoms. The topological polar surface area (TPSA) is 55.4 Å². The summed E-state index contributed by atoms with van der Waals surface area (Å²) in [4.78, 5) is 23.7. The number of amides is 1. The quantitative estimate of drug-likeness (QED) is 0.862. The summed E-state index contributed by atoms with van der Waals surface area (Å²) in [5.74, 6) is -1.95. The van der Waals surface area contributed by atoms with Crippen LogP contribution in [0.1, 0.15) is 21.5 Å². The van der Waals surface area contributed by atoms with Crippen LogP contribution >= 0.6 is 11.6 Å². The number of benzene rings is 2. The van der Waals surface area contributed by atoms with E-state index < -0.39 is 24.3 Å². The van der Waals surface area contributed by atoms with Crippen LogP contribution in [-0.4, -0.2) is 18.5 Å². The van der Waals surface area contributed by atoms with Crippen molar-refractivity contribution < 1.29 is 18.7 Å². The van der Waals surface area contributed by atoms with Crippen LogP contribution in [-0.2, 0) is 9.53 Å². The van der Waals surface area contributed by atoms with Gasteiger partial charge in [0.05, 0.1) is 10.6 Å². The van der Waals surface area contributed by atoms with Crippen molar-refractivity contribution >= 4 is 29.2 Å². The second kappa shape index (κ2) is 7.24. The Bertz CT molecular complexity index is 761. The predicted molar refractivity (Wildman–Crippen MR) is 86.2 cm³/mol. The lowest BCUT2D eigenvalue weighted by atomic mass is 10.1. The highest BCUT2D eigenvalue weighted by molar-refractivity contribution is 6.33. The van der Waals surface area contributed by atoms with Gasteiger partial charge in [0, 0.05) is 5.69 Å². The third kappa shape index (κ3) is 4.53. The summed E-state index contributed by atoms with van der Waals surface area (Å²) in [5.41, 5.74) is 2.50. The van der Waals surface area contributed by atoms with E-state index in [0.29, 0.717) is 5.69 Å². The van der Waals surface area contributed by atoms with Crippen molar-refractivity contribution in [3.63, 3.8) is 0 Å². The van der Waals surface area contributed by atoms with Gasteiger partial charge in [-0.05, 0) is 43.7 Å². The van der Waals surface area contributed by atoms with Crippen molar-refractivity contribution in [1.29, 1.82) is 0 Å². The van der Waals surface area contributed by atoms with E-state index in [1.807, 2.05) is 26.0 Å². The fourth-order valence-electron chi connectivity index (χ4n) is 2.00. The average Bonchev–Trinajstić information content (AvgIpc) is 2.50. The molecule has 0 saturated carbocycles. The molecule has 0 heterocycles. The number of carbonyl (C=O) groups excluding carboxylic acids is 2. The van der Waals surface area contributed by atoms with Crippen molar-refractivity contribution in [2.45, 2.75) is 13.8 Å². The average molecular weight is 336 g/mol. The Kier molecular flexibility index (Phi) is 5.34. The fraction of sp³-hybridized carbons (Fsp3) is 0.176. The van der Waals surface area contributed by atoms with E-state index in [2.05, 4.69) is 5.32 Å². The number of nitrogens with one attached hydrogen (secondary N) is 1. The Morgan fingerprint density at radius 3 is 2.61 bits per heavy atom. The first-order valence-electron chi connectivity index (χ1n) is 6.86. The van der Waals surface area contributed by atoms with E-state index in [1.165, 1.54) is 6.07 Å². The number of esters is 1. The molecule has 23 heavy (non-hydrogen) atoms. The summed E-state index contributed by atoms with van der Waals surface area (Å²) < 4.78 is 18.0. The summed E-state index contributed by atoms with van der Waals surface area (Å²) in [6.45, 7) is 3.32. The van der Waals surface area contributed by atoms with Crippen LogP contribution < -0.4 is 5.32 Å². The smallest absolute Gasteiger partial charge is 0.340 e. The maximum Gasteiger partial charge on any atom is 0.340 e. The van der Waals surface area contributed by atoms with E-state index in [1.54, 1.807) is 6.07 Å². The molecule has 0 saturated heterocycles. The van der Waals surface area contributed by atoms with E-state index in [9.17, 15) is 14.0 Å². The lowest BCUT2D eigenvalue weighted by molar-refractivity contribution is -0.119. The van der Waals surface area contributed by atoms with E-state index in [-0.39, 0.29) is 10.6 Å². The second-order valence-electron chi connectivity index (χ2n) is 5.07. The summed E-state index contributed by atoms with van der Waals surface area (Å²) >= 11 is 5.80. The summed E-state index contributed by atoms with van der Waals surface area (Å²) in [6, 6.07) is 8.91. The number of anilines is 1. The van der Waals surface area contributed by atoms with Crippen molar-refractivity contribution in [3.8, 4) is 0 Å². The summed E-state index contributed by atoms with van der Waals surface area (Å²) in [5, 5.41) is 2.71. The van der Waals surface area contributed by atoms with Crippen LogP contribution in [0, 0.1) is 19.7 Å².